The molecular weight excluding hydrogens is 398 g/mol. The molecular formula is C28H27NO3. The van der Waals surface area contributed by atoms with Crippen molar-refractivity contribution >= 4 is 12.0 Å². The summed E-state index contributed by atoms with van der Waals surface area (Å²) in [6.07, 6.45) is 4.03. The summed E-state index contributed by atoms with van der Waals surface area (Å²) in [5.74, 6) is -0.192. The SMILES string of the molecule is O=C(NCCO)c1ccc(C[C@@]2(C3=Cc4ccccc4C3)Cc3ccccc3[C@H]2O)cc1. The molecule has 2 aliphatic rings. The Morgan fingerprint density at radius 1 is 0.969 bits per heavy atom. The molecule has 3 aromatic carbocycles. The van der Waals surface area contributed by atoms with E-state index in [0.717, 1.165) is 24.0 Å². The topological polar surface area (TPSA) is 69.6 Å². The van der Waals surface area contributed by atoms with Gasteiger partial charge in [-0.15, -0.1) is 0 Å². The van der Waals surface area contributed by atoms with Gasteiger partial charge in [0.1, 0.15) is 0 Å². The van der Waals surface area contributed by atoms with Crippen molar-refractivity contribution in [3.63, 3.8) is 0 Å². The monoisotopic (exact) mass is 425 g/mol. The molecule has 0 fully saturated rings. The maximum absolute atomic E-state index is 12.2. The van der Waals surface area contributed by atoms with E-state index in [1.54, 1.807) is 0 Å². The number of amides is 1. The third-order valence-electron chi connectivity index (χ3n) is 6.92. The first-order valence-corrected chi connectivity index (χ1v) is 11.1. The highest BCUT2D eigenvalue weighted by Crippen LogP contribution is 2.54. The summed E-state index contributed by atoms with van der Waals surface area (Å²) in [5.41, 5.74) is 7.28. The summed E-state index contributed by atoms with van der Waals surface area (Å²) >= 11 is 0. The second kappa shape index (κ2) is 8.38. The molecule has 0 bridgehead atoms. The van der Waals surface area contributed by atoms with E-state index < -0.39 is 11.5 Å². The third kappa shape index (κ3) is 3.56. The van der Waals surface area contributed by atoms with E-state index in [0.29, 0.717) is 12.0 Å². The fraction of sp³-hybridized carbons (Fsp3) is 0.250. The number of rotatable bonds is 6. The number of carbonyl (C=O) groups excluding carboxylic acids is 1. The molecule has 3 aromatic rings. The van der Waals surface area contributed by atoms with Crippen molar-refractivity contribution in [1.29, 1.82) is 0 Å². The molecule has 4 heteroatoms. The van der Waals surface area contributed by atoms with Crippen molar-refractivity contribution in [3.8, 4) is 0 Å². The summed E-state index contributed by atoms with van der Waals surface area (Å²) in [6, 6.07) is 24.2. The zero-order valence-corrected chi connectivity index (χ0v) is 17.9. The molecule has 1 amide bonds. The minimum absolute atomic E-state index is 0.0811. The van der Waals surface area contributed by atoms with Gasteiger partial charge >= 0.3 is 0 Å². The lowest BCUT2D eigenvalue weighted by Crippen LogP contribution is -2.31. The lowest BCUT2D eigenvalue weighted by Gasteiger charge is -2.35. The molecule has 162 valence electrons. The van der Waals surface area contributed by atoms with Crippen LogP contribution in [0.5, 0.6) is 0 Å². The molecule has 0 spiro atoms. The van der Waals surface area contributed by atoms with E-state index in [1.807, 2.05) is 42.5 Å². The van der Waals surface area contributed by atoms with Crippen molar-refractivity contribution in [3.05, 3.63) is 112 Å². The minimum atomic E-state index is -0.577. The van der Waals surface area contributed by atoms with Crippen LogP contribution in [0.25, 0.3) is 6.08 Å². The van der Waals surface area contributed by atoms with Gasteiger partial charge in [-0.3, -0.25) is 4.79 Å². The van der Waals surface area contributed by atoms with Crippen molar-refractivity contribution in [2.24, 2.45) is 5.41 Å². The number of fused-ring (bicyclic) bond motifs is 2. The molecule has 0 heterocycles. The van der Waals surface area contributed by atoms with Gasteiger partial charge < -0.3 is 15.5 Å². The van der Waals surface area contributed by atoms with E-state index in [2.05, 4.69) is 41.7 Å². The number of benzene rings is 3. The predicted molar refractivity (Wildman–Crippen MR) is 125 cm³/mol. The summed E-state index contributed by atoms with van der Waals surface area (Å²) in [5, 5.41) is 23.2. The summed E-state index contributed by atoms with van der Waals surface area (Å²) < 4.78 is 0. The lowest BCUT2D eigenvalue weighted by atomic mass is 9.70. The van der Waals surface area contributed by atoms with Gasteiger partial charge in [0.2, 0.25) is 0 Å². The Hall–Kier alpha value is -3.21. The van der Waals surface area contributed by atoms with Gasteiger partial charge in [0.15, 0.2) is 0 Å². The number of hydrogen-bond acceptors (Lipinski definition) is 3. The Morgan fingerprint density at radius 2 is 1.69 bits per heavy atom. The predicted octanol–water partition coefficient (Wildman–Crippen LogP) is 3.87. The number of hydrogen-bond donors (Lipinski definition) is 3. The highest BCUT2D eigenvalue weighted by Gasteiger charge is 2.48. The Balaban J connectivity index is 1.48. The molecule has 0 unspecified atom stereocenters. The largest absolute Gasteiger partial charge is 0.395 e. The normalized spacial score (nSPS) is 21.1. The number of aliphatic hydroxyl groups is 2. The Morgan fingerprint density at radius 3 is 2.41 bits per heavy atom. The molecule has 0 radical (unpaired) electrons. The average Bonchev–Trinajstić information content (AvgIpc) is 3.38. The van der Waals surface area contributed by atoms with Gasteiger partial charge in [-0.2, -0.15) is 0 Å². The molecule has 2 atom stereocenters. The number of nitrogens with one attached hydrogen (secondary N) is 1. The minimum Gasteiger partial charge on any atom is -0.395 e. The molecule has 2 aliphatic carbocycles. The van der Waals surface area contributed by atoms with Crippen LogP contribution in [-0.2, 0) is 19.3 Å². The molecule has 4 nitrogen and oxygen atoms in total. The van der Waals surface area contributed by atoms with E-state index in [4.69, 9.17) is 5.11 Å². The van der Waals surface area contributed by atoms with Crippen LogP contribution in [0.4, 0.5) is 0 Å². The highest BCUT2D eigenvalue weighted by atomic mass is 16.3. The van der Waals surface area contributed by atoms with Crippen molar-refractivity contribution in [2.75, 3.05) is 13.2 Å². The van der Waals surface area contributed by atoms with Crippen LogP contribution in [0.2, 0.25) is 0 Å². The fourth-order valence-electron chi connectivity index (χ4n) is 5.27. The zero-order chi connectivity index (χ0) is 22.1. The van der Waals surface area contributed by atoms with Crippen LogP contribution in [0.1, 0.15) is 44.3 Å². The Bertz CT molecular complexity index is 1180. The van der Waals surface area contributed by atoms with E-state index in [9.17, 15) is 9.90 Å². The van der Waals surface area contributed by atoms with Crippen LogP contribution < -0.4 is 5.32 Å². The number of carbonyl (C=O) groups is 1. The summed E-state index contributed by atoms with van der Waals surface area (Å²) in [4.78, 5) is 12.2. The van der Waals surface area contributed by atoms with Crippen molar-refractivity contribution in [2.45, 2.75) is 25.4 Å². The number of aliphatic hydroxyl groups excluding tert-OH is 2. The van der Waals surface area contributed by atoms with Gasteiger partial charge in [0, 0.05) is 17.5 Å². The summed E-state index contributed by atoms with van der Waals surface area (Å²) in [6.45, 7) is 0.158. The van der Waals surface area contributed by atoms with E-state index in [1.165, 1.54) is 22.3 Å². The molecule has 3 N–H and O–H groups in total. The van der Waals surface area contributed by atoms with E-state index in [-0.39, 0.29) is 19.1 Å². The third-order valence-corrected chi connectivity index (χ3v) is 6.92. The summed E-state index contributed by atoms with van der Waals surface area (Å²) in [7, 11) is 0. The van der Waals surface area contributed by atoms with Crippen LogP contribution >= 0.6 is 0 Å². The first kappa shape index (κ1) is 20.7. The standard InChI is InChI=1S/C28H27NO3/c30-14-13-29-27(32)20-11-9-19(10-12-20)17-28(18-23-7-3-4-8-25(23)26(28)31)24-15-21-5-1-2-6-22(21)16-24/h1-12,15,26,30-31H,13-14,16-18H2,(H,29,32)/t26-,28+/m1/s1. The Kier molecular flexibility index (Phi) is 5.41. The molecule has 0 saturated carbocycles. The smallest absolute Gasteiger partial charge is 0.251 e. The average molecular weight is 426 g/mol. The second-order valence-electron chi connectivity index (χ2n) is 8.83. The van der Waals surface area contributed by atoms with Crippen LogP contribution in [-0.4, -0.2) is 29.3 Å². The molecule has 5 rings (SSSR count). The van der Waals surface area contributed by atoms with E-state index >= 15 is 0 Å². The molecule has 0 aromatic heterocycles. The van der Waals surface area contributed by atoms with Crippen molar-refractivity contribution < 1.29 is 15.0 Å². The highest BCUT2D eigenvalue weighted by molar-refractivity contribution is 5.94. The zero-order valence-electron chi connectivity index (χ0n) is 17.9. The van der Waals surface area contributed by atoms with Crippen molar-refractivity contribution in [1.82, 2.24) is 5.32 Å². The first-order chi connectivity index (χ1) is 15.6. The lowest BCUT2D eigenvalue weighted by molar-refractivity contribution is 0.0651. The maximum atomic E-state index is 12.2. The second-order valence-corrected chi connectivity index (χ2v) is 8.83. The van der Waals surface area contributed by atoms with Crippen LogP contribution in [0, 0.1) is 5.41 Å². The van der Waals surface area contributed by atoms with Gasteiger partial charge in [0.25, 0.3) is 5.91 Å². The molecule has 0 aliphatic heterocycles. The van der Waals surface area contributed by atoms with Gasteiger partial charge in [-0.05, 0) is 59.2 Å². The van der Waals surface area contributed by atoms with Crippen LogP contribution in [0.15, 0.2) is 78.4 Å². The first-order valence-electron chi connectivity index (χ1n) is 11.1. The quantitative estimate of drug-likeness (QED) is 0.562. The maximum Gasteiger partial charge on any atom is 0.251 e. The van der Waals surface area contributed by atoms with Gasteiger partial charge in [0.05, 0.1) is 12.7 Å². The van der Waals surface area contributed by atoms with Gasteiger partial charge in [-0.25, -0.2) is 0 Å². The fourth-order valence-corrected chi connectivity index (χ4v) is 5.27. The van der Waals surface area contributed by atoms with Crippen LogP contribution in [0.3, 0.4) is 0 Å². The molecule has 0 saturated heterocycles. The Labute approximate surface area is 188 Å². The molecule has 32 heavy (non-hydrogen) atoms. The van der Waals surface area contributed by atoms with Gasteiger partial charge in [-0.1, -0.05) is 72.3 Å².